The van der Waals surface area contributed by atoms with Gasteiger partial charge in [-0.25, -0.2) is 0 Å². The second-order valence-corrected chi connectivity index (χ2v) is 3.33. The van der Waals surface area contributed by atoms with Crippen molar-refractivity contribution in [1.29, 1.82) is 0 Å². The first-order chi connectivity index (χ1) is 7.72. The number of rotatable bonds is 3. The van der Waals surface area contributed by atoms with E-state index >= 15 is 0 Å². The van der Waals surface area contributed by atoms with Gasteiger partial charge in [0.05, 0.1) is 12.7 Å². The van der Waals surface area contributed by atoms with Gasteiger partial charge in [-0.1, -0.05) is 17.3 Å². The molecular formula is C11H12N2O3. The van der Waals surface area contributed by atoms with Gasteiger partial charge in [-0.3, -0.25) is 0 Å². The maximum Gasteiger partial charge on any atom is 0.255 e. The number of ether oxygens (including phenoxy) is 1. The Bertz CT molecular complexity index is 480. The molecule has 84 valence electrons. The van der Waals surface area contributed by atoms with Crippen LogP contribution in [0.15, 0.2) is 28.8 Å². The Morgan fingerprint density at radius 2 is 2.12 bits per heavy atom. The highest BCUT2D eigenvalue weighted by atomic mass is 16.5. The normalized spacial score (nSPS) is 12.4. The molecule has 0 amide bonds. The van der Waals surface area contributed by atoms with E-state index in [1.165, 1.54) is 0 Å². The van der Waals surface area contributed by atoms with Crippen LogP contribution in [0.25, 0.3) is 11.4 Å². The highest BCUT2D eigenvalue weighted by Crippen LogP contribution is 2.27. The number of aliphatic hydroxyl groups excluding tert-OH is 1. The SMILES string of the molecule is COc1ccccc1-c1noc([C@H](C)O)n1. The molecule has 0 saturated heterocycles. The van der Waals surface area contributed by atoms with Gasteiger partial charge < -0.3 is 14.4 Å². The Hall–Kier alpha value is -1.88. The van der Waals surface area contributed by atoms with Crippen LogP contribution in [0.4, 0.5) is 0 Å². The molecule has 0 aliphatic carbocycles. The molecule has 0 aliphatic heterocycles. The van der Waals surface area contributed by atoms with Crippen LogP contribution < -0.4 is 4.74 Å². The van der Waals surface area contributed by atoms with E-state index in [1.807, 2.05) is 24.3 Å². The van der Waals surface area contributed by atoms with E-state index in [2.05, 4.69) is 10.1 Å². The molecule has 0 fully saturated rings. The van der Waals surface area contributed by atoms with E-state index in [9.17, 15) is 5.11 Å². The van der Waals surface area contributed by atoms with Gasteiger partial charge in [0, 0.05) is 0 Å². The third-order valence-corrected chi connectivity index (χ3v) is 2.15. The summed E-state index contributed by atoms with van der Waals surface area (Å²) in [4.78, 5) is 4.08. The molecule has 1 aromatic carbocycles. The smallest absolute Gasteiger partial charge is 0.255 e. The van der Waals surface area contributed by atoms with Crippen LogP contribution in [0.1, 0.15) is 18.9 Å². The minimum absolute atomic E-state index is 0.195. The summed E-state index contributed by atoms with van der Waals surface area (Å²) in [6.45, 7) is 1.57. The number of aromatic nitrogens is 2. The number of benzene rings is 1. The molecule has 16 heavy (non-hydrogen) atoms. The average molecular weight is 220 g/mol. The quantitative estimate of drug-likeness (QED) is 0.854. The first-order valence-corrected chi connectivity index (χ1v) is 4.87. The second kappa shape index (κ2) is 4.32. The molecule has 2 aromatic rings. The van der Waals surface area contributed by atoms with Crippen molar-refractivity contribution in [2.45, 2.75) is 13.0 Å². The first-order valence-electron chi connectivity index (χ1n) is 4.87. The lowest BCUT2D eigenvalue weighted by atomic mass is 10.2. The van der Waals surface area contributed by atoms with Crippen molar-refractivity contribution >= 4 is 0 Å². The molecule has 0 bridgehead atoms. The molecule has 5 heteroatoms. The Balaban J connectivity index is 2.42. The largest absolute Gasteiger partial charge is 0.496 e. The Morgan fingerprint density at radius 1 is 1.38 bits per heavy atom. The second-order valence-electron chi connectivity index (χ2n) is 3.33. The number of hydrogen-bond acceptors (Lipinski definition) is 5. The predicted octanol–water partition coefficient (Wildman–Crippen LogP) is 1.80. The van der Waals surface area contributed by atoms with Gasteiger partial charge in [0.1, 0.15) is 11.9 Å². The van der Waals surface area contributed by atoms with Crippen LogP contribution in [0.5, 0.6) is 5.75 Å². The molecule has 1 aromatic heterocycles. The van der Waals surface area contributed by atoms with Crippen LogP contribution in [-0.2, 0) is 0 Å². The number of nitrogens with zero attached hydrogens (tertiary/aromatic N) is 2. The van der Waals surface area contributed by atoms with E-state index < -0.39 is 6.10 Å². The fourth-order valence-corrected chi connectivity index (χ4v) is 1.34. The molecule has 2 rings (SSSR count). The number of hydrogen-bond donors (Lipinski definition) is 1. The van der Waals surface area contributed by atoms with Gasteiger partial charge in [-0.05, 0) is 19.1 Å². The van der Waals surface area contributed by atoms with E-state index in [4.69, 9.17) is 9.26 Å². The van der Waals surface area contributed by atoms with E-state index in [0.717, 1.165) is 5.56 Å². The van der Waals surface area contributed by atoms with Crippen molar-refractivity contribution in [3.05, 3.63) is 30.2 Å². The zero-order valence-electron chi connectivity index (χ0n) is 9.04. The van der Waals surface area contributed by atoms with Crippen molar-refractivity contribution in [2.24, 2.45) is 0 Å². The van der Waals surface area contributed by atoms with Gasteiger partial charge in [0.2, 0.25) is 5.82 Å². The highest BCUT2D eigenvalue weighted by Gasteiger charge is 2.15. The predicted molar refractivity (Wildman–Crippen MR) is 56.9 cm³/mol. The molecule has 5 nitrogen and oxygen atoms in total. The summed E-state index contributed by atoms with van der Waals surface area (Å²) < 4.78 is 10.1. The topological polar surface area (TPSA) is 68.4 Å². The van der Waals surface area contributed by atoms with Crippen LogP contribution >= 0.6 is 0 Å². The summed E-state index contributed by atoms with van der Waals surface area (Å²) in [5.74, 6) is 1.27. The lowest BCUT2D eigenvalue weighted by Gasteiger charge is -2.03. The molecule has 0 spiro atoms. The maximum absolute atomic E-state index is 9.28. The van der Waals surface area contributed by atoms with Crippen LogP contribution in [0.3, 0.4) is 0 Å². The van der Waals surface area contributed by atoms with Crippen molar-refractivity contribution in [1.82, 2.24) is 10.1 Å². The Labute approximate surface area is 92.7 Å². The molecule has 0 aliphatic rings. The van der Waals surface area contributed by atoms with Crippen molar-refractivity contribution in [2.75, 3.05) is 7.11 Å². The summed E-state index contributed by atoms with van der Waals surface area (Å²) in [7, 11) is 1.58. The lowest BCUT2D eigenvalue weighted by Crippen LogP contribution is -1.91. The van der Waals surface area contributed by atoms with Gasteiger partial charge in [0.25, 0.3) is 5.89 Å². The molecular weight excluding hydrogens is 208 g/mol. The molecule has 0 unspecified atom stereocenters. The van der Waals surface area contributed by atoms with Gasteiger partial charge >= 0.3 is 0 Å². The van der Waals surface area contributed by atoms with Crippen molar-refractivity contribution < 1.29 is 14.4 Å². The monoisotopic (exact) mass is 220 g/mol. The molecule has 0 radical (unpaired) electrons. The number of methoxy groups -OCH3 is 1. The fourth-order valence-electron chi connectivity index (χ4n) is 1.34. The summed E-state index contributed by atoms with van der Waals surface area (Å²) in [6, 6.07) is 7.36. The summed E-state index contributed by atoms with van der Waals surface area (Å²) in [6.07, 6.45) is -0.768. The molecule has 1 atom stereocenters. The van der Waals surface area contributed by atoms with Crippen molar-refractivity contribution in [3.8, 4) is 17.1 Å². The summed E-state index contributed by atoms with van der Waals surface area (Å²) in [5.41, 5.74) is 0.737. The zero-order valence-corrected chi connectivity index (χ0v) is 9.04. The van der Waals surface area contributed by atoms with E-state index in [0.29, 0.717) is 11.6 Å². The summed E-state index contributed by atoms with van der Waals surface area (Å²) >= 11 is 0. The molecule has 1 N–H and O–H groups in total. The molecule has 0 saturated carbocycles. The van der Waals surface area contributed by atoms with Crippen LogP contribution in [0, 0.1) is 0 Å². The average Bonchev–Trinajstić information content (AvgIpc) is 2.78. The Kier molecular flexibility index (Phi) is 2.87. The Morgan fingerprint density at radius 3 is 2.75 bits per heavy atom. The minimum Gasteiger partial charge on any atom is -0.496 e. The third-order valence-electron chi connectivity index (χ3n) is 2.15. The van der Waals surface area contributed by atoms with Crippen molar-refractivity contribution in [3.63, 3.8) is 0 Å². The number of para-hydroxylation sites is 1. The highest BCUT2D eigenvalue weighted by molar-refractivity contribution is 5.63. The van der Waals surface area contributed by atoms with Crippen LogP contribution in [-0.4, -0.2) is 22.4 Å². The van der Waals surface area contributed by atoms with Gasteiger partial charge in [-0.2, -0.15) is 4.98 Å². The van der Waals surface area contributed by atoms with Gasteiger partial charge in [0.15, 0.2) is 0 Å². The number of aliphatic hydroxyl groups is 1. The first kappa shape index (κ1) is 10.6. The van der Waals surface area contributed by atoms with E-state index in [1.54, 1.807) is 14.0 Å². The van der Waals surface area contributed by atoms with Gasteiger partial charge in [-0.15, -0.1) is 0 Å². The van der Waals surface area contributed by atoms with Crippen LogP contribution in [0.2, 0.25) is 0 Å². The third kappa shape index (κ3) is 1.90. The zero-order chi connectivity index (χ0) is 11.5. The maximum atomic E-state index is 9.28. The standard InChI is InChI=1S/C11H12N2O3/c1-7(14)11-12-10(13-16-11)8-5-3-4-6-9(8)15-2/h3-7,14H,1-2H3/t7-/m0/s1. The summed E-state index contributed by atoms with van der Waals surface area (Å²) in [5, 5.41) is 13.1. The fraction of sp³-hybridized carbons (Fsp3) is 0.273. The van der Waals surface area contributed by atoms with E-state index in [-0.39, 0.29) is 5.89 Å². The minimum atomic E-state index is -0.768. The lowest BCUT2D eigenvalue weighted by molar-refractivity contribution is 0.152. The molecule has 1 heterocycles.